The van der Waals surface area contributed by atoms with Gasteiger partial charge in [-0.25, -0.2) is 0 Å². The first kappa shape index (κ1) is 8.50. The molecule has 1 saturated carbocycles. The Balaban J connectivity index is 1.97. The number of hydrogen-bond acceptors (Lipinski definition) is 3. The number of halogens is 1. The predicted octanol–water partition coefficient (Wildman–Crippen LogP) is 1.22. The molecule has 4 heteroatoms. The zero-order chi connectivity index (χ0) is 8.55. The van der Waals surface area contributed by atoms with Gasteiger partial charge >= 0.3 is 0 Å². The van der Waals surface area contributed by atoms with E-state index in [1.165, 1.54) is 12.8 Å². The Labute approximate surface area is 85.2 Å². The number of ether oxygens (including phenoxy) is 1. The third-order valence-electron chi connectivity index (χ3n) is 1.85. The van der Waals surface area contributed by atoms with E-state index in [2.05, 4.69) is 27.6 Å². The van der Waals surface area contributed by atoms with Crippen LogP contribution in [0.25, 0.3) is 0 Å². The van der Waals surface area contributed by atoms with Crippen LogP contribution in [0.2, 0.25) is 0 Å². The van der Waals surface area contributed by atoms with Gasteiger partial charge in [-0.1, -0.05) is 22.6 Å². The van der Waals surface area contributed by atoms with Crippen molar-refractivity contribution < 1.29 is 4.74 Å². The second-order valence-electron chi connectivity index (χ2n) is 3.11. The molecule has 66 valence electrons. The van der Waals surface area contributed by atoms with E-state index < -0.39 is 0 Å². The summed E-state index contributed by atoms with van der Waals surface area (Å²) in [6, 6.07) is 0.00403. The molecule has 1 fully saturated rings. The summed E-state index contributed by atoms with van der Waals surface area (Å²) < 4.78 is 5.71. The van der Waals surface area contributed by atoms with Crippen molar-refractivity contribution in [2.45, 2.75) is 29.0 Å². The number of allylic oxidation sites excluding steroid dienone is 1. The van der Waals surface area contributed by atoms with Crippen LogP contribution < -0.4 is 5.73 Å². The van der Waals surface area contributed by atoms with Crippen LogP contribution in [0, 0.1) is 0 Å². The van der Waals surface area contributed by atoms with E-state index >= 15 is 0 Å². The minimum Gasteiger partial charge on any atom is -0.489 e. The van der Waals surface area contributed by atoms with Gasteiger partial charge in [0, 0.05) is 0 Å². The Hall–Kier alpha value is -0.100. The molecule has 0 aromatic rings. The number of rotatable bonds is 2. The highest BCUT2D eigenvalue weighted by Gasteiger charge is 2.25. The molecule has 1 aliphatic carbocycles. The number of dihydropyridines is 1. The fourth-order valence-corrected chi connectivity index (χ4v) is 1.37. The van der Waals surface area contributed by atoms with Crippen LogP contribution in [-0.2, 0) is 4.74 Å². The lowest BCUT2D eigenvalue weighted by Gasteiger charge is -2.17. The van der Waals surface area contributed by atoms with Crippen molar-refractivity contribution in [3.63, 3.8) is 0 Å². The molecule has 1 heterocycles. The van der Waals surface area contributed by atoms with Crippen LogP contribution in [0.4, 0.5) is 0 Å². The van der Waals surface area contributed by atoms with Gasteiger partial charge in [-0.2, -0.15) is 0 Å². The lowest BCUT2D eigenvalue weighted by atomic mass is 10.2. The second-order valence-corrected chi connectivity index (χ2v) is 4.39. The SMILES string of the molecule is NC1C=C(OC2CC2)C=NC1I. The van der Waals surface area contributed by atoms with Gasteiger partial charge in [0.15, 0.2) is 0 Å². The Bertz CT molecular complexity index is 235. The topological polar surface area (TPSA) is 47.6 Å². The quantitative estimate of drug-likeness (QED) is 0.469. The number of nitrogens with zero attached hydrogens (tertiary/aromatic N) is 1. The zero-order valence-corrected chi connectivity index (χ0v) is 8.77. The summed E-state index contributed by atoms with van der Waals surface area (Å²) in [7, 11) is 0. The Morgan fingerprint density at radius 3 is 2.92 bits per heavy atom. The molecule has 3 nitrogen and oxygen atoms in total. The fraction of sp³-hybridized carbons (Fsp3) is 0.625. The summed E-state index contributed by atoms with van der Waals surface area (Å²) in [5, 5.41) is 0. The molecule has 0 aromatic heterocycles. The number of hydrogen-bond donors (Lipinski definition) is 1. The van der Waals surface area contributed by atoms with Crippen LogP contribution in [-0.4, -0.2) is 22.4 Å². The van der Waals surface area contributed by atoms with E-state index in [9.17, 15) is 0 Å². The smallest absolute Gasteiger partial charge is 0.135 e. The number of aliphatic imine (C=N–C) groups is 1. The largest absolute Gasteiger partial charge is 0.489 e. The van der Waals surface area contributed by atoms with E-state index in [1.54, 1.807) is 6.21 Å². The molecular weight excluding hydrogens is 267 g/mol. The zero-order valence-electron chi connectivity index (χ0n) is 6.61. The Morgan fingerprint density at radius 1 is 1.58 bits per heavy atom. The summed E-state index contributed by atoms with van der Waals surface area (Å²) in [5.74, 6) is 0.845. The van der Waals surface area contributed by atoms with E-state index in [4.69, 9.17) is 10.5 Å². The van der Waals surface area contributed by atoms with E-state index in [0.29, 0.717) is 6.10 Å². The highest BCUT2D eigenvalue weighted by atomic mass is 127. The maximum absolute atomic E-state index is 5.79. The summed E-state index contributed by atoms with van der Waals surface area (Å²) in [4.78, 5) is 4.22. The highest BCUT2D eigenvalue weighted by Crippen LogP contribution is 2.27. The van der Waals surface area contributed by atoms with Gasteiger partial charge in [0.1, 0.15) is 9.81 Å². The molecule has 2 rings (SSSR count). The predicted molar refractivity (Wildman–Crippen MR) is 56.5 cm³/mol. The fourth-order valence-electron chi connectivity index (χ4n) is 1.00. The Morgan fingerprint density at radius 2 is 2.33 bits per heavy atom. The Kier molecular flexibility index (Phi) is 2.36. The highest BCUT2D eigenvalue weighted by molar-refractivity contribution is 14.1. The van der Waals surface area contributed by atoms with Crippen LogP contribution in [0.3, 0.4) is 0 Å². The van der Waals surface area contributed by atoms with Crippen molar-refractivity contribution in [3.8, 4) is 0 Å². The van der Waals surface area contributed by atoms with Crippen molar-refractivity contribution in [3.05, 3.63) is 11.8 Å². The first-order chi connectivity index (χ1) is 5.75. The van der Waals surface area contributed by atoms with Crippen LogP contribution in [0.5, 0.6) is 0 Å². The molecule has 12 heavy (non-hydrogen) atoms. The summed E-state index contributed by atoms with van der Waals surface area (Å²) in [6.45, 7) is 0. The summed E-state index contributed by atoms with van der Waals surface area (Å²) >= 11 is 2.22. The van der Waals surface area contributed by atoms with Crippen LogP contribution in [0.1, 0.15) is 12.8 Å². The normalized spacial score (nSPS) is 34.7. The molecule has 0 bridgehead atoms. The van der Waals surface area contributed by atoms with Gasteiger partial charge in [-0.3, -0.25) is 4.99 Å². The number of alkyl halides is 1. The average molecular weight is 278 g/mol. The molecule has 2 aliphatic rings. The number of nitrogens with two attached hydrogens (primary N) is 1. The van der Waals surface area contributed by atoms with Crippen LogP contribution >= 0.6 is 22.6 Å². The lowest BCUT2D eigenvalue weighted by Crippen LogP contribution is -2.30. The first-order valence-electron chi connectivity index (χ1n) is 4.07. The van der Waals surface area contributed by atoms with Gasteiger partial charge in [0.2, 0.25) is 0 Å². The lowest BCUT2D eigenvalue weighted by molar-refractivity contribution is 0.214. The van der Waals surface area contributed by atoms with Crippen molar-refractivity contribution in [1.82, 2.24) is 0 Å². The first-order valence-corrected chi connectivity index (χ1v) is 5.31. The summed E-state index contributed by atoms with van der Waals surface area (Å²) in [6.07, 6.45) is 6.50. The molecule has 2 atom stereocenters. The van der Waals surface area contributed by atoms with Crippen molar-refractivity contribution >= 4 is 28.8 Å². The van der Waals surface area contributed by atoms with Crippen molar-refractivity contribution in [2.24, 2.45) is 10.7 Å². The van der Waals surface area contributed by atoms with Crippen molar-refractivity contribution in [2.75, 3.05) is 0 Å². The average Bonchev–Trinajstić information content (AvgIpc) is 2.81. The van der Waals surface area contributed by atoms with Gasteiger partial charge < -0.3 is 10.5 Å². The third-order valence-corrected chi connectivity index (χ3v) is 3.00. The van der Waals surface area contributed by atoms with Crippen LogP contribution in [0.15, 0.2) is 16.8 Å². The molecule has 0 aromatic carbocycles. The van der Waals surface area contributed by atoms with Gasteiger partial charge in [-0.15, -0.1) is 0 Å². The van der Waals surface area contributed by atoms with Gasteiger partial charge in [-0.05, 0) is 18.9 Å². The molecule has 0 spiro atoms. The minimum atomic E-state index is 0.00403. The van der Waals surface area contributed by atoms with E-state index in [-0.39, 0.29) is 10.1 Å². The molecule has 2 unspecified atom stereocenters. The van der Waals surface area contributed by atoms with E-state index in [0.717, 1.165) is 5.76 Å². The molecule has 2 N–H and O–H groups in total. The van der Waals surface area contributed by atoms with Gasteiger partial charge in [0.25, 0.3) is 0 Å². The second kappa shape index (κ2) is 3.33. The third kappa shape index (κ3) is 1.98. The minimum absolute atomic E-state index is 0.00403. The molecule has 0 amide bonds. The summed E-state index contributed by atoms with van der Waals surface area (Å²) in [5.41, 5.74) is 5.79. The molecule has 1 aliphatic heterocycles. The maximum Gasteiger partial charge on any atom is 0.135 e. The standard InChI is InChI=1S/C8H11IN2O/c9-8-7(10)3-6(4-11-8)12-5-1-2-5/h3-5,7-8H,1-2,10H2. The molecule has 0 saturated heterocycles. The molecular formula is C8H11IN2O. The monoisotopic (exact) mass is 278 g/mol. The van der Waals surface area contributed by atoms with Crippen molar-refractivity contribution in [1.29, 1.82) is 0 Å². The molecule has 0 radical (unpaired) electrons. The van der Waals surface area contributed by atoms with E-state index in [1.807, 2.05) is 6.08 Å². The maximum atomic E-state index is 5.79. The van der Waals surface area contributed by atoms with Gasteiger partial charge in [0.05, 0.1) is 18.4 Å².